The number of nitrogens with one attached hydrogen (secondary N) is 1. The molecule has 8 heteroatoms. The molecule has 1 heterocycles. The number of hydrogen-bond acceptors (Lipinski definition) is 7. The van der Waals surface area contributed by atoms with Gasteiger partial charge in [0.25, 0.3) is 5.91 Å². The van der Waals surface area contributed by atoms with Crippen LogP contribution in [0.15, 0.2) is 18.2 Å². The molecule has 28 heavy (non-hydrogen) atoms. The Bertz CT molecular complexity index is 820. The maximum absolute atomic E-state index is 12.2. The monoisotopic (exact) mass is 407 g/mol. The summed E-state index contributed by atoms with van der Waals surface area (Å²) in [6.07, 6.45) is 1.92. The second-order valence-corrected chi connectivity index (χ2v) is 7.24. The molecule has 1 aromatic heterocycles. The van der Waals surface area contributed by atoms with Crippen molar-refractivity contribution in [3.05, 3.63) is 33.5 Å². The second-order valence-electron chi connectivity index (χ2n) is 5.98. The van der Waals surface area contributed by atoms with Crippen molar-refractivity contribution in [3.8, 4) is 17.2 Å². The van der Waals surface area contributed by atoms with E-state index in [4.69, 9.17) is 18.9 Å². The topological polar surface area (TPSA) is 83.1 Å². The summed E-state index contributed by atoms with van der Waals surface area (Å²) in [5.74, 6) is 0.267. The number of anilines is 1. The van der Waals surface area contributed by atoms with E-state index in [2.05, 4.69) is 12.2 Å². The lowest BCUT2D eigenvalue weighted by Crippen LogP contribution is -2.20. The fourth-order valence-corrected chi connectivity index (χ4v) is 3.66. The van der Waals surface area contributed by atoms with Crippen molar-refractivity contribution in [2.24, 2.45) is 0 Å². The van der Waals surface area contributed by atoms with Crippen LogP contribution in [0.5, 0.6) is 17.2 Å². The summed E-state index contributed by atoms with van der Waals surface area (Å²) in [5, 5.41) is 2.66. The number of aryl methyl sites for hydroxylation is 2. The third-order valence-corrected chi connectivity index (χ3v) is 5.10. The Morgan fingerprint density at radius 1 is 1.04 bits per heavy atom. The van der Waals surface area contributed by atoms with Gasteiger partial charge < -0.3 is 24.3 Å². The maximum Gasteiger partial charge on any atom is 0.348 e. The van der Waals surface area contributed by atoms with Crippen LogP contribution in [0.3, 0.4) is 0 Å². The molecule has 0 bridgehead atoms. The third-order valence-electron chi connectivity index (χ3n) is 4.02. The minimum absolute atomic E-state index is 0.393. The van der Waals surface area contributed by atoms with Gasteiger partial charge in [-0.3, -0.25) is 4.79 Å². The van der Waals surface area contributed by atoms with Gasteiger partial charge in [-0.1, -0.05) is 13.3 Å². The lowest BCUT2D eigenvalue weighted by molar-refractivity contribution is -0.119. The second kappa shape index (κ2) is 9.98. The Hall–Kier alpha value is -2.74. The van der Waals surface area contributed by atoms with Crippen molar-refractivity contribution < 1.29 is 28.5 Å². The quantitative estimate of drug-likeness (QED) is 0.636. The number of amides is 1. The zero-order chi connectivity index (χ0) is 20.7. The Morgan fingerprint density at radius 3 is 2.21 bits per heavy atom. The van der Waals surface area contributed by atoms with Crippen LogP contribution in [0.25, 0.3) is 0 Å². The molecule has 7 nitrogen and oxygen atoms in total. The highest BCUT2D eigenvalue weighted by Gasteiger charge is 2.17. The normalized spacial score (nSPS) is 10.3. The van der Waals surface area contributed by atoms with E-state index < -0.39 is 18.5 Å². The molecule has 0 saturated heterocycles. The third kappa shape index (κ3) is 5.16. The molecule has 0 radical (unpaired) electrons. The highest BCUT2D eigenvalue weighted by molar-refractivity contribution is 7.14. The molecule has 0 fully saturated rings. The van der Waals surface area contributed by atoms with Crippen LogP contribution in [-0.2, 0) is 16.0 Å². The van der Waals surface area contributed by atoms with E-state index in [1.54, 1.807) is 12.1 Å². The fourth-order valence-electron chi connectivity index (χ4n) is 2.69. The van der Waals surface area contributed by atoms with Crippen molar-refractivity contribution in [1.82, 2.24) is 0 Å². The number of thiophene rings is 1. The Balaban J connectivity index is 2.00. The Labute approximate surface area is 168 Å². The van der Waals surface area contributed by atoms with Gasteiger partial charge in [0.05, 0.1) is 21.3 Å². The first-order valence-electron chi connectivity index (χ1n) is 8.79. The molecule has 1 aromatic carbocycles. The summed E-state index contributed by atoms with van der Waals surface area (Å²) in [6, 6.07) is 5.03. The Morgan fingerprint density at radius 2 is 1.68 bits per heavy atom. The molecule has 1 amide bonds. The van der Waals surface area contributed by atoms with E-state index in [9.17, 15) is 9.59 Å². The van der Waals surface area contributed by atoms with Gasteiger partial charge in [0.15, 0.2) is 18.1 Å². The van der Waals surface area contributed by atoms with E-state index >= 15 is 0 Å². The molecule has 0 unspecified atom stereocenters. The van der Waals surface area contributed by atoms with Gasteiger partial charge in [0, 0.05) is 22.7 Å². The lowest BCUT2D eigenvalue weighted by Gasteiger charge is -2.14. The van der Waals surface area contributed by atoms with E-state index in [1.807, 2.05) is 13.0 Å². The van der Waals surface area contributed by atoms with Crippen molar-refractivity contribution in [2.75, 3.05) is 33.3 Å². The predicted molar refractivity (Wildman–Crippen MR) is 108 cm³/mol. The summed E-state index contributed by atoms with van der Waals surface area (Å²) < 4.78 is 20.9. The first-order valence-corrected chi connectivity index (χ1v) is 9.61. The largest absolute Gasteiger partial charge is 0.493 e. The number of ether oxygens (including phenoxy) is 4. The van der Waals surface area contributed by atoms with Crippen LogP contribution in [0.4, 0.5) is 5.69 Å². The molecule has 0 aliphatic rings. The zero-order valence-electron chi connectivity index (χ0n) is 16.7. The number of carbonyl (C=O) groups excluding carboxylic acids is 2. The molecular formula is C20H25NO6S. The lowest BCUT2D eigenvalue weighted by atomic mass is 10.1. The SMILES string of the molecule is CCCc1cc(C(=O)OCC(=O)Nc2cc(OC)c(OC)c(OC)c2)sc1C. The van der Waals surface area contributed by atoms with Crippen molar-refractivity contribution >= 4 is 28.9 Å². The summed E-state index contributed by atoms with van der Waals surface area (Å²) in [7, 11) is 4.47. The van der Waals surface area contributed by atoms with Crippen molar-refractivity contribution in [2.45, 2.75) is 26.7 Å². The van der Waals surface area contributed by atoms with Gasteiger partial charge >= 0.3 is 5.97 Å². The van der Waals surface area contributed by atoms with Crippen LogP contribution in [-0.4, -0.2) is 39.8 Å². The van der Waals surface area contributed by atoms with Crippen LogP contribution >= 0.6 is 11.3 Å². The highest BCUT2D eigenvalue weighted by Crippen LogP contribution is 2.39. The summed E-state index contributed by atoms with van der Waals surface area (Å²) >= 11 is 1.38. The first kappa shape index (κ1) is 21.6. The molecule has 0 saturated carbocycles. The van der Waals surface area contributed by atoms with Crippen LogP contribution in [0, 0.1) is 6.92 Å². The van der Waals surface area contributed by atoms with Gasteiger partial charge in [-0.15, -0.1) is 11.3 Å². The fraction of sp³-hybridized carbons (Fsp3) is 0.400. The van der Waals surface area contributed by atoms with E-state index in [1.165, 1.54) is 32.7 Å². The summed E-state index contributed by atoms with van der Waals surface area (Å²) in [4.78, 5) is 26.0. The summed E-state index contributed by atoms with van der Waals surface area (Å²) in [6.45, 7) is 3.67. The van der Waals surface area contributed by atoms with Gasteiger partial charge in [-0.05, 0) is 25.0 Å². The van der Waals surface area contributed by atoms with E-state index in [0.717, 1.165) is 23.3 Å². The van der Waals surface area contributed by atoms with Crippen molar-refractivity contribution in [3.63, 3.8) is 0 Å². The molecular weight excluding hydrogens is 382 g/mol. The summed E-state index contributed by atoms with van der Waals surface area (Å²) in [5.41, 5.74) is 1.58. The molecule has 2 aromatic rings. The number of hydrogen-bond donors (Lipinski definition) is 1. The van der Waals surface area contributed by atoms with Gasteiger partial charge in [0.2, 0.25) is 5.75 Å². The number of benzene rings is 1. The number of carbonyl (C=O) groups is 2. The zero-order valence-corrected chi connectivity index (χ0v) is 17.5. The smallest absolute Gasteiger partial charge is 0.348 e. The maximum atomic E-state index is 12.2. The predicted octanol–water partition coefficient (Wildman–Crippen LogP) is 3.83. The molecule has 0 atom stereocenters. The average molecular weight is 407 g/mol. The Kier molecular flexibility index (Phi) is 7.69. The standard InChI is InChI=1S/C20H25NO6S/c1-6-7-13-8-17(28-12(13)2)20(23)27-11-18(22)21-14-9-15(24-3)19(26-5)16(10-14)25-4/h8-10H,6-7,11H2,1-5H3,(H,21,22). The number of rotatable bonds is 9. The van der Waals surface area contributed by atoms with E-state index in [-0.39, 0.29) is 0 Å². The molecule has 152 valence electrons. The van der Waals surface area contributed by atoms with Crippen molar-refractivity contribution in [1.29, 1.82) is 0 Å². The molecule has 2 rings (SSSR count). The van der Waals surface area contributed by atoms with Gasteiger partial charge in [0.1, 0.15) is 4.88 Å². The van der Waals surface area contributed by atoms with Crippen LogP contribution in [0.2, 0.25) is 0 Å². The minimum atomic E-state index is -0.504. The molecule has 0 aliphatic heterocycles. The highest BCUT2D eigenvalue weighted by atomic mass is 32.1. The molecule has 1 N–H and O–H groups in total. The molecule has 0 aliphatic carbocycles. The number of esters is 1. The van der Waals surface area contributed by atoms with Gasteiger partial charge in [-0.2, -0.15) is 0 Å². The molecule has 0 spiro atoms. The van der Waals surface area contributed by atoms with Gasteiger partial charge in [-0.25, -0.2) is 4.79 Å². The van der Waals surface area contributed by atoms with Crippen LogP contribution in [0.1, 0.15) is 33.5 Å². The van der Waals surface area contributed by atoms with Crippen LogP contribution < -0.4 is 19.5 Å². The first-order chi connectivity index (χ1) is 13.4. The van der Waals surface area contributed by atoms with E-state index in [0.29, 0.717) is 27.8 Å². The average Bonchev–Trinajstić information content (AvgIpc) is 3.06. The number of methoxy groups -OCH3 is 3. The minimum Gasteiger partial charge on any atom is -0.493 e.